The van der Waals surface area contributed by atoms with Crippen molar-refractivity contribution in [2.75, 3.05) is 0 Å². The Balaban J connectivity index is 2.48. The summed E-state index contributed by atoms with van der Waals surface area (Å²) in [6.07, 6.45) is 3.26. The second kappa shape index (κ2) is 4.21. The van der Waals surface area contributed by atoms with Crippen molar-refractivity contribution >= 4 is 11.8 Å². The lowest BCUT2D eigenvalue weighted by atomic mass is 9.86. The zero-order valence-electron chi connectivity index (χ0n) is 7.79. The molecule has 72 valence electrons. The highest BCUT2D eigenvalue weighted by Crippen LogP contribution is 2.24. The molecule has 1 aliphatic rings. The molecule has 1 aliphatic carbocycles. The van der Waals surface area contributed by atoms with Crippen LogP contribution in [0, 0.1) is 5.92 Å². The van der Waals surface area contributed by atoms with Crippen molar-refractivity contribution < 1.29 is 14.3 Å². The minimum absolute atomic E-state index is 0.0198. The van der Waals surface area contributed by atoms with E-state index in [1.165, 1.54) is 6.92 Å². The van der Waals surface area contributed by atoms with Gasteiger partial charge in [0.05, 0.1) is 0 Å². The molecular weight excluding hydrogens is 168 g/mol. The number of hydrogen-bond acceptors (Lipinski definition) is 3. The third-order valence-corrected chi connectivity index (χ3v) is 2.26. The summed E-state index contributed by atoms with van der Waals surface area (Å²) in [6.45, 7) is 4.97. The quantitative estimate of drug-likeness (QED) is 0.480. The summed E-state index contributed by atoms with van der Waals surface area (Å²) in [4.78, 5) is 22.0. The Morgan fingerprint density at radius 3 is 2.77 bits per heavy atom. The van der Waals surface area contributed by atoms with Crippen LogP contribution in [0.1, 0.15) is 26.2 Å². The molecule has 1 saturated carbocycles. The van der Waals surface area contributed by atoms with E-state index in [0.29, 0.717) is 12.8 Å². The average molecular weight is 182 g/mol. The lowest BCUT2D eigenvalue weighted by molar-refractivity contribution is -0.155. The molecule has 2 atom stereocenters. The summed E-state index contributed by atoms with van der Waals surface area (Å²) >= 11 is 0. The van der Waals surface area contributed by atoms with Gasteiger partial charge < -0.3 is 4.74 Å². The Morgan fingerprint density at radius 2 is 2.31 bits per heavy atom. The number of hydrogen-bond donors (Lipinski definition) is 0. The van der Waals surface area contributed by atoms with Gasteiger partial charge in [0.2, 0.25) is 0 Å². The van der Waals surface area contributed by atoms with Gasteiger partial charge in [-0.05, 0) is 18.8 Å². The van der Waals surface area contributed by atoms with Crippen LogP contribution in [-0.4, -0.2) is 17.9 Å². The molecule has 1 fully saturated rings. The molecule has 0 bridgehead atoms. The first kappa shape index (κ1) is 9.96. The van der Waals surface area contributed by atoms with E-state index in [0.717, 1.165) is 6.42 Å². The lowest BCUT2D eigenvalue weighted by Gasteiger charge is -2.24. The first-order valence-corrected chi connectivity index (χ1v) is 4.46. The normalized spacial score (nSPS) is 28.2. The molecule has 1 unspecified atom stereocenters. The smallest absolute Gasteiger partial charge is 0.303 e. The van der Waals surface area contributed by atoms with Crippen molar-refractivity contribution in [1.82, 2.24) is 0 Å². The SMILES string of the molecule is C=CC1CC[C@H](OC(C)=O)C(=O)C1. The second-order valence-electron chi connectivity index (χ2n) is 3.34. The predicted molar refractivity (Wildman–Crippen MR) is 48.1 cm³/mol. The maximum absolute atomic E-state index is 11.4. The minimum atomic E-state index is -0.506. The van der Waals surface area contributed by atoms with Crippen molar-refractivity contribution in [3.63, 3.8) is 0 Å². The van der Waals surface area contributed by atoms with Gasteiger partial charge in [0.15, 0.2) is 11.9 Å². The van der Waals surface area contributed by atoms with Crippen molar-refractivity contribution in [1.29, 1.82) is 0 Å². The van der Waals surface area contributed by atoms with Gasteiger partial charge in [-0.1, -0.05) is 6.08 Å². The lowest BCUT2D eigenvalue weighted by Crippen LogP contribution is -2.32. The van der Waals surface area contributed by atoms with E-state index < -0.39 is 6.10 Å². The standard InChI is InChI=1S/C10H14O3/c1-3-8-4-5-10(9(12)6-8)13-7(2)11/h3,8,10H,1,4-6H2,2H3/t8?,10-/m0/s1. The van der Waals surface area contributed by atoms with Gasteiger partial charge in [-0.15, -0.1) is 6.58 Å². The maximum Gasteiger partial charge on any atom is 0.303 e. The van der Waals surface area contributed by atoms with E-state index in [9.17, 15) is 9.59 Å². The van der Waals surface area contributed by atoms with E-state index in [2.05, 4.69) is 6.58 Å². The third kappa shape index (κ3) is 2.68. The number of ether oxygens (including phenoxy) is 1. The van der Waals surface area contributed by atoms with E-state index >= 15 is 0 Å². The molecule has 0 radical (unpaired) electrons. The first-order valence-electron chi connectivity index (χ1n) is 4.46. The average Bonchev–Trinajstić information content (AvgIpc) is 2.08. The summed E-state index contributed by atoms with van der Waals surface area (Å²) in [5.74, 6) is -0.0962. The molecule has 0 aromatic carbocycles. The molecule has 0 N–H and O–H groups in total. The fourth-order valence-corrected chi connectivity index (χ4v) is 1.54. The fourth-order valence-electron chi connectivity index (χ4n) is 1.54. The molecular formula is C10H14O3. The van der Waals surface area contributed by atoms with Gasteiger partial charge in [-0.3, -0.25) is 9.59 Å². The monoisotopic (exact) mass is 182 g/mol. The van der Waals surface area contributed by atoms with Crippen molar-refractivity contribution in [3.05, 3.63) is 12.7 Å². The van der Waals surface area contributed by atoms with Crippen LogP contribution in [-0.2, 0) is 14.3 Å². The molecule has 13 heavy (non-hydrogen) atoms. The largest absolute Gasteiger partial charge is 0.455 e. The van der Waals surface area contributed by atoms with Crippen molar-refractivity contribution in [2.45, 2.75) is 32.3 Å². The van der Waals surface area contributed by atoms with Gasteiger partial charge in [-0.25, -0.2) is 0 Å². The molecule has 0 saturated heterocycles. The number of Topliss-reactive ketones (excluding diaryl/α,β-unsaturated/α-hetero) is 1. The Kier molecular flexibility index (Phi) is 3.23. The molecule has 3 heteroatoms. The number of carbonyl (C=O) groups excluding carboxylic acids is 2. The molecule has 0 spiro atoms. The number of carbonyl (C=O) groups is 2. The number of rotatable bonds is 2. The Hall–Kier alpha value is -1.12. The van der Waals surface area contributed by atoms with Crippen LogP contribution in [0.2, 0.25) is 0 Å². The highest BCUT2D eigenvalue weighted by atomic mass is 16.5. The first-order chi connectivity index (χ1) is 6.13. The van der Waals surface area contributed by atoms with E-state index in [1.807, 2.05) is 0 Å². The van der Waals surface area contributed by atoms with Gasteiger partial charge >= 0.3 is 5.97 Å². The Labute approximate surface area is 77.8 Å². The summed E-state index contributed by atoms with van der Waals surface area (Å²) in [5.41, 5.74) is 0. The van der Waals surface area contributed by atoms with Crippen LogP contribution >= 0.6 is 0 Å². The zero-order valence-corrected chi connectivity index (χ0v) is 7.79. The van der Waals surface area contributed by atoms with Crippen LogP contribution < -0.4 is 0 Å². The van der Waals surface area contributed by atoms with Crippen LogP contribution in [0.15, 0.2) is 12.7 Å². The van der Waals surface area contributed by atoms with Gasteiger partial charge in [-0.2, -0.15) is 0 Å². The Bertz CT molecular complexity index is 232. The van der Waals surface area contributed by atoms with Crippen molar-refractivity contribution in [3.8, 4) is 0 Å². The topological polar surface area (TPSA) is 43.4 Å². The number of allylic oxidation sites excluding steroid dienone is 1. The zero-order chi connectivity index (χ0) is 9.84. The van der Waals surface area contributed by atoms with Crippen LogP contribution in [0.3, 0.4) is 0 Å². The van der Waals surface area contributed by atoms with Gasteiger partial charge in [0.1, 0.15) is 0 Å². The van der Waals surface area contributed by atoms with Gasteiger partial charge in [0, 0.05) is 13.3 Å². The number of ketones is 1. The summed E-state index contributed by atoms with van der Waals surface area (Å²) in [5, 5.41) is 0. The third-order valence-electron chi connectivity index (χ3n) is 2.26. The minimum Gasteiger partial charge on any atom is -0.455 e. The molecule has 3 nitrogen and oxygen atoms in total. The van der Waals surface area contributed by atoms with Crippen LogP contribution in [0.4, 0.5) is 0 Å². The van der Waals surface area contributed by atoms with E-state index in [1.54, 1.807) is 6.08 Å². The highest BCUT2D eigenvalue weighted by molar-refractivity contribution is 5.86. The summed E-state index contributed by atoms with van der Waals surface area (Å²) in [7, 11) is 0. The van der Waals surface area contributed by atoms with Crippen LogP contribution in [0.5, 0.6) is 0 Å². The maximum atomic E-state index is 11.4. The van der Waals surface area contributed by atoms with E-state index in [4.69, 9.17) is 4.74 Å². The summed E-state index contributed by atoms with van der Waals surface area (Å²) in [6, 6.07) is 0. The molecule has 0 heterocycles. The molecule has 0 amide bonds. The highest BCUT2D eigenvalue weighted by Gasteiger charge is 2.28. The summed E-state index contributed by atoms with van der Waals surface area (Å²) < 4.78 is 4.87. The predicted octanol–water partition coefficient (Wildman–Crippen LogP) is 1.47. The fraction of sp³-hybridized carbons (Fsp3) is 0.600. The van der Waals surface area contributed by atoms with Gasteiger partial charge in [0.25, 0.3) is 0 Å². The molecule has 0 aromatic rings. The number of esters is 1. The second-order valence-corrected chi connectivity index (χ2v) is 3.34. The Morgan fingerprint density at radius 1 is 1.62 bits per heavy atom. The van der Waals surface area contributed by atoms with Crippen molar-refractivity contribution in [2.24, 2.45) is 5.92 Å². The van der Waals surface area contributed by atoms with Crippen LogP contribution in [0.25, 0.3) is 0 Å². The van der Waals surface area contributed by atoms with E-state index in [-0.39, 0.29) is 17.7 Å². The molecule has 0 aromatic heterocycles. The molecule has 0 aliphatic heterocycles. The molecule has 1 rings (SSSR count).